The van der Waals surface area contributed by atoms with Gasteiger partial charge in [0.25, 0.3) is 0 Å². The van der Waals surface area contributed by atoms with Crippen LogP contribution in [0, 0.1) is 11.7 Å². The lowest BCUT2D eigenvalue weighted by molar-refractivity contribution is -0.134. The van der Waals surface area contributed by atoms with Gasteiger partial charge in [-0.05, 0) is 18.9 Å². The Labute approximate surface area is 123 Å². The molecule has 0 N–H and O–H groups in total. The summed E-state index contributed by atoms with van der Waals surface area (Å²) in [6.07, 6.45) is 2.35. The summed E-state index contributed by atoms with van der Waals surface area (Å²) in [5.41, 5.74) is 0.500. The van der Waals surface area contributed by atoms with Crippen LogP contribution in [0.2, 0.25) is 0 Å². The number of hydrogen-bond donors (Lipinski definition) is 0. The minimum Gasteiger partial charge on any atom is -0.342 e. The summed E-state index contributed by atoms with van der Waals surface area (Å²) in [4.78, 5) is 27.8. The first-order valence-corrected chi connectivity index (χ1v) is 7.45. The van der Waals surface area contributed by atoms with Crippen LogP contribution < -0.4 is 0 Å². The molecule has 0 saturated carbocycles. The van der Waals surface area contributed by atoms with Crippen LogP contribution in [0.3, 0.4) is 0 Å². The third-order valence-electron chi connectivity index (χ3n) is 4.30. The first-order chi connectivity index (χ1) is 10.1. The number of likely N-dealkylation sites (tertiary alicyclic amines) is 2. The van der Waals surface area contributed by atoms with E-state index in [1.54, 1.807) is 23.1 Å². The zero-order valence-corrected chi connectivity index (χ0v) is 11.9. The summed E-state index contributed by atoms with van der Waals surface area (Å²) in [5, 5.41) is 0. The van der Waals surface area contributed by atoms with E-state index >= 15 is 0 Å². The van der Waals surface area contributed by atoms with Gasteiger partial charge in [-0.1, -0.05) is 18.2 Å². The number of rotatable bonds is 3. The summed E-state index contributed by atoms with van der Waals surface area (Å²) in [6, 6.07) is 6.46. The van der Waals surface area contributed by atoms with E-state index in [9.17, 15) is 14.0 Å². The fourth-order valence-corrected chi connectivity index (χ4v) is 3.12. The van der Waals surface area contributed by atoms with E-state index in [0.29, 0.717) is 12.1 Å². The number of carbonyl (C=O) groups excluding carboxylic acids is 2. The molecule has 2 saturated heterocycles. The van der Waals surface area contributed by atoms with E-state index in [-0.39, 0.29) is 36.5 Å². The van der Waals surface area contributed by atoms with Gasteiger partial charge < -0.3 is 9.80 Å². The Morgan fingerprint density at radius 3 is 2.67 bits per heavy atom. The molecule has 1 atom stereocenters. The minimum atomic E-state index is -0.306. The van der Waals surface area contributed by atoms with E-state index in [4.69, 9.17) is 0 Å². The summed E-state index contributed by atoms with van der Waals surface area (Å²) in [5.74, 6) is -0.547. The molecular formula is C16H19FN2O2. The van der Waals surface area contributed by atoms with Crippen molar-refractivity contribution in [3.8, 4) is 0 Å². The second-order valence-electron chi connectivity index (χ2n) is 5.80. The van der Waals surface area contributed by atoms with Gasteiger partial charge in [-0.25, -0.2) is 4.39 Å². The summed E-state index contributed by atoms with van der Waals surface area (Å²) < 4.78 is 13.7. The molecule has 0 bridgehead atoms. The number of halogens is 1. The standard InChI is InChI=1S/C16H19FN2O2/c17-14-6-2-1-5-12(14)10-19-11-13(9-15(19)20)16(21)18-7-3-4-8-18/h1-2,5-6,13H,3-4,7-11H2. The molecule has 0 spiro atoms. The van der Waals surface area contributed by atoms with E-state index < -0.39 is 0 Å². The Balaban J connectivity index is 1.65. The molecule has 3 rings (SSSR count). The quantitative estimate of drug-likeness (QED) is 0.851. The van der Waals surface area contributed by atoms with Crippen molar-refractivity contribution < 1.29 is 14.0 Å². The smallest absolute Gasteiger partial charge is 0.227 e. The SMILES string of the molecule is O=C1CC(C(=O)N2CCCC2)CN1Cc1ccccc1F. The van der Waals surface area contributed by atoms with Crippen LogP contribution in [0.15, 0.2) is 24.3 Å². The monoisotopic (exact) mass is 290 g/mol. The normalized spacial score (nSPS) is 22.1. The van der Waals surface area contributed by atoms with Crippen molar-refractivity contribution in [2.75, 3.05) is 19.6 Å². The van der Waals surface area contributed by atoms with Gasteiger partial charge in [-0.2, -0.15) is 0 Å². The molecule has 5 heteroatoms. The predicted molar refractivity (Wildman–Crippen MR) is 75.7 cm³/mol. The molecule has 2 heterocycles. The lowest BCUT2D eigenvalue weighted by Gasteiger charge is -2.20. The fraction of sp³-hybridized carbons (Fsp3) is 0.500. The van der Waals surface area contributed by atoms with E-state index in [1.165, 1.54) is 6.07 Å². The first kappa shape index (κ1) is 14.0. The zero-order valence-electron chi connectivity index (χ0n) is 11.9. The molecule has 2 aliphatic rings. The van der Waals surface area contributed by atoms with Crippen LogP contribution in [0.25, 0.3) is 0 Å². The molecule has 1 aromatic rings. The Morgan fingerprint density at radius 2 is 1.95 bits per heavy atom. The van der Waals surface area contributed by atoms with Crippen molar-refractivity contribution in [3.05, 3.63) is 35.6 Å². The van der Waals surface area contributed by atoms with Gasteiger partial charge in [0.15, 0.2) is 0 Å². The van der Waals surface area contributed by atoms with Gasteiger partial charge in [-0.15, -0.1) is 0 Å². The molecule has 4 nitrogen and oxygen atoms in total. The molecule has 0 radical (unpaired) electrons. The fourth-order valence-electron chi connectivity index (χ4n) is 3.12. The predicted octanol–water partition coefficient (Wildman–Crippen LogP) is 1.80. The van der Waals surface area contributed by atoms with Gasteiger partial charge in [0.2, 0.25) is 11.8 Å². The molecule has 112 valence electrons. The van der Waals surface area contributed by atoms with Gasteiger partial charge in [0.05, 0.1) is 5.92 Å². The Morgan fingerprint density at radius 1 is 1.24 bits per heavy atom. The summed E-state index contributed by atoms with van der Waals surface area (Å²) in [6.45, 7) is 2.26. The molecular weight excluding hydrogens is 271 g/mol. The molecule has 0 aromatic heterocycles. The largest absolute Gasteiger partial charge is 0.342 e. The van der Waals surface area contributed by atoms with E-state index in [2.05, 4.69) is 0 Å². The van der Waals surface area contributed by atoms with Crippen LogP contribution in [0.5, 0.6) is 0 Å². The number of hydrogen-bond acceptors (Lipinski definition) is 2. The van der Waals surface area contributed by atoms with Crippen molar-refractivity contribution in [3.63, 3.8) is 0 Å². The Bertz CT molecular complexity index is 555. The highest BCUT2D eigenvalue weighted by Crippen LogP contribution is 2.24. The molecule has 2 fully saturated rings. The highest BCUT2D eigenvalue weighted by Gasteiger charge is 2.37. The topological polar surface area (TPSA) is 40.6 Å². The van der Waals surface area contributed by atoms with Crippen molar-refractivity contribution in [2.45, 2.75) is 25.8 Å². The van der Waals surface area contributed by atoms with Crippen LogP contribution in [-0.2, 0) is 16.1 Å². The van der Waals surface area contributed by atoms with Crippen molar-refractivity contribution >= 4 is 11.8 Å². The molecule has 2 aliphatic heterocycles. The Kier molecular flexibility index (Phi) is 3.90. The average molecular weight is 290 g/mol. The van der Waals surface area contributed by atoms with Crippen molar-refractivity contribution in [1.82, 2.24) is 9.80 Å². The molecule has 1 aromatic carbocycles. The maximum Gasteiger partial charge on any atom is 0.227 e. The summed E-state index contributed by atoms with van der Waals surface area (Å²) >= 11 is 0. The molecule has 1 unspecified atom stereocenters. The maximum absolute atomic E-state index is 13.7. The van der Waals surface area contributed by atoms with Crippen LogP contribution in [0.4, 0.5) is 4.39 Å². The average Bonchev–Trinajstić information content (AvgIpc) is 3.11. The third-order valence-corrected chi connectivity index (χ3v) is 4.30. The van der Waals surface area contributed by atoms with Crippen LogP contribution in [-0.4, -0.2) is 41.2 Å². The van der Waals surface area contributed by atoms with Gasteiger partial charge in [0, 0.05) is 38.2 Å². The van der Waals surface area contributed by atoms with E-state index in [0.717, 1.165) is 25.9 Å². The zero-order chi connectivity index (χ0) is 14.8. The first-order valence-electron chi connectivity index (χ1n) is 7.45. The van der Waals surface area contributed by atoms with Gasteiger partial charge >= 0.3 is 0 Å². The van der Waals surface area contributed by atoms with Gasteiger partial charge in [0.1, 0.15) is 5.82 Å². The van der Waals surface area contributed by atoms with E-state index in [1.807, 2.05) is 4.90 Å². The number of benzene rings is 1. The molecule has 21 heavy (non-hydrogen) atoms. The highest BCUT2D eigenvalue weighted by atomic mass is 19.1. The highest BCUT2D eigenvalue weighted by molar-refractivity contribution is 5.89. The number of amides is 2. The van der Waals surface area contributed by atoms with Crippen LogP contribution in [0.1, 0.15) is 24.8 Å². The second-order valence-corrected chi connectivity index (χ2v) is 5.80. The molecule has 2 amide bonds. The number of carbonyl (C=O) groups is 2. The van der Waals surface area contributed by atoms with Gasteiger partial charge in [-0.3, -0.25) is 9.59 Å². The van der Waals surface area contributed by atoms with Crippen LogP contribution >= 0.6 is 0 Å². The molecule has 0 aliphatic carbocycles. The number of nitrogens with zero attached hydrogens (tertiary/aromatic N) is 2. The van der Waals surface area contributed by atoms with Crippen molar-refractivity contribution in [1.29, 1.82) is 0 Å². The lowest BCUT2D eigenvalue weighted by Crippen LogP contribution is -2.35. The van der Waals surface area contributed by atoms with Crippen molar-refractivity contribution in [2.24, 2.45) is 5.92 Å². The maximum atomic E-state index is 13.7. The summed E-state index contributed by atoms with van der Waals surface area (Å²) in [7, 11) is 0. The Hall–Kier alpha value is -1.91. The lowest BCUT2D eigenvalue weighted by atomic mass is 10.1. The minimum absolute atomic E-state index is 0.0594. The second kappa shape index (κ2) is 5.84. The third kappa shape index (κ3) is 2.91.